The van der Waals surface area contributed by atoms with Crippen molar-refractivity contribution in [2.24, 2.45) is 0 Å². The first-order valence-electron chi connectivity index (χ1n) is 19.3. The molecule has 0 saturated carbocycles. The number of aromatic nitrogens is 2. The zero-order valence-electron chi connectivity index (χ0n) is 30.7. The van der Waals surface area contributed by atoms with E-state index in [1.165, 1.54) is 88.1 Å². The van der Waals surface area contributed by atoms with Crippen LogP contribution in [-0.4, -0.2) is 9.13 Å². The molecule has 0 spiro atoms. The van der Waals surface area contributed by atoms with Gasteiger partial charge in [0.15, 0.2) is 0 Å². The highest BCUT2D eigenvalue weighted by atomic mass is 15.0. The van der Waals surface area contributed by atoms with Gasteiger partial charge in [0, 0.05) is 32.9 Å². The van der Waals surface area contributed by atoms with E-state index < -0.39 is 0 Å². The molecule has 2 aromatic heterocycles. The maximum atomic E-state index is 2.45. The predicted molar refractivity (Wildman–Crippen MR) is 237 cm³/mol. The van der Waals surface area contributed by atoms with E-state index in [9.17, 15) is 0 Å². The lowest BCUT2D eigenvalue weighted by Gasteiger charge is -2.12. The van der Waals surface area contributed by atoms with Crippen LogP contribution in [0.2, 0.25) is 0 Å². The standard InChI is InChI=1S/C54H36N2/c1-4-16-37(17-5-1)40-22-12-24-43(34-40)55-49-29-11-10-26-47(49)53-45(27-14-30-51(53)55)46-28-15-31-52-54(46)48-36-42(39-20-8-3-9-21-39)32-33-50(48)56(52)44-25-13-23-41(35-44)38-18-6-2-7-19-38/h1-36H. The van der Waals surface area contributed by atoms with Gasteiger partial charge in [0.05, 0.1) is 22.1 Å². The van der Waals surface area contributed by atoms with Gasteiger partial charge in [-0.15, -0.1) is 0 Å². The molecule has 0 N–H and O–H groups in total. The summed E-state index contributed by atoms with van der Waals surface area (Å²) in [7, 11) is 0. The first-order chi connectivity index (χ1) is 27.8. The molecule has 0 aliphatic carbocycles. The average Bonchev–Trinajstić information content (AvgIpc) is 3.80. The van der Waals surface area contributed by atoms with E-state index in [1.54, 1.807) is 0 Å². The summed E-state index contributed by atoms with van der Waals surface area (Å²) in [6, 6.07) is 79.4. The van der Waals surface area contributed by atoms with Crippen molar-refractivity contribution in [3.8, 4) is 55.9 Å². The van der Waals surface area contributed by atoms with Gasteiger partial charge in [-0.1, -0.05) is 164 Å². The van der Waals surface area contributed by atoms with Crippen molar-refractivity contribution in [3.05, 3.63) is 218 Å². The molecule has 0 aliphatic rings. The summed E-state index contributed by atoms with van der Waals surface area (Å²) in [5, 5.41) is 4.98. The number of rotatable bonds is 6. The Hall–Kier alpha value is -7.42. The van der Waals surface area contributed by atoms with Crippen molar-refractivity contribution in [2.75, 3.05) is 0 Å². The van der Waals surface area contributed by atoms with Crippen molar-refractivity contribution < 1.29 is 0 Å². The fourth-order valence-electron chi connectivity index (χ4n) is 8.82. The van der Waals surface area contributed by atoms with Crippen LogP contribution in [0.15, 0.2) is 218 Å². The molecule has 0 atom stereocenters. The van der Waals surface area contributed by atoms with Gasteiger partial charge < -0.3 is 9.13 Å². The SMILES string of the molecule is c1ccc(-c2cccc(-n3c4ccccc4c4c(-c5cccc6c5c5cc(-c7ccccc7)ccc5n6-c5cccc(-c6ccccc6)c5)cccc43)c2)cc1. The maximum Gasteiger partial charge on any atom is 0.0547 e. The molecule has 11 aromatic rings. The zero-order valence-corrected chi connectivity index (χ0v) is 30.7. The first-order valence-corrected chi connectivity index (χ1v) is 19.3. The van der Waals surface area contributed by atoms with Gasteiger partial charge in [0.1, 0.15) is 0 Å². The van der Waals surface area contributed by atoms with Crippen LogP contribution in [0.5, 0.6) is 0 Å². The second kappa shape index (κ2) is 13.2. The molecule has 2 nitrogen and oxygen atoms in total. The topological polar surface area (TPSA) is 9.86 Å². The fraction of sp³-hybridized carbons (Fsp3) is 0. The second-order valence-corrected chi connectivity index (χ2v) is 14.5. The fourth-order valence-corrected chi connectivity index (χ4v) is 8.82. The predicted octanol–water partition coefficient (Wildman–Crippen LogP) is 14.5. The normalized spacial score (nSPS) is 11.6. The lowest BCUT2D eigenvalue weighted by Crippen LogP contribution is -1.95. The van der Waals surface area contributed by atoms with Crippen LogP contribution in [0.3, 0.4) is 0 Å². The molecular formula is C54H36N2. The lowest BCUT2D eigenvalue weighted by molar-refractivity contribution is 1.18. The third-order valence-corrected chi connectivity index (χ3v) is 11.3. The molecule has 0 radical (unpaired) electrons. The van der Waals surface area contributed by atoms with Crippen LogP contribution in [0.4, 0.5) is 0 Å². The minimum absolute atomic E-state index is 1.14. The van der Waals surface area contributed by atoms with Crippen molar-refractivity contribution in [1.82, 2.24) is 9.13 Å². The molecule has 0 saturated heterocycles. The summed E-state index contributed by atoms with van der Waals surface area (Å²) in [6.45, 7) is 0. The summed E-state index contributed by atoms with van der Waals surface area (Å²) in [5.74, 6) is 0. The third kappa shape index (κ3) is 5.19. The largest absolute Gasteiger partial charge is 0.309 e. The monoisotopic (exact) mass is 712 g/mol. The summed E-state index contributed by atoms with van der Waals surface area (Å²) in [4.78, 5) is 0. The van der Waals surface area contributed by atoms with E-state index in [2.05, 4.69) is 228 Å². The second-order valence-electron chi connectivity index (χ2n) is 14.5. The highest BCUT2D eigenvalue weighted by Gasteiger charge is 2.21. The van der Waals surface area contributed by atoms with Crippen molar-refractivity contribution in [2.45, 2.75) is 0 Å². The average molecular weight is 713 g/mol. The number of fused-ring (bicyclic) bond motifs is 6. The van der Waals surface area contributed by atoms with Crippen LogP contribution in [0.1, 0.15) is 0 Å². The molecule has 11 rings (SSSR count). The van der Waals surface area contributed by atoms with E-state index in [0.29, 0.717) is 0 Å². The Morgan fingerprint density at radius 3 is 1.16 bits per heavy atom. The van der Waals surface area contributed by atoms with E-state index in [-0.39, 0.29) is 0 Å². The van der Waals surface area contributed by atoms with Gasteiger partial charge in [0.25, 0.3) is 0 Å². The van der Waals surface area contributed by atoms with E-state index in [1.807, 2.05) is 0 Å². The van der Waals surface area contributed by atoms with Gasteiger partial charge in [0.2, 0.25) is 0 Å². The van der Waals surface area contributed by atoms with Gasteiger partial charge in [-0.25, -0.2) is 0 Å². The highest BCUT2D eigenvalue weighted by Crippen LogP contribution is 2.45. The number of para-hydroxylation sites is 1. The van der Waals surface area contributed by atoms with Crippen molar-refractivity contribution in [3.63, 3.8) is 0 Å². The van der Waals surface area contributed by atoms with Gasteiger partial charge in [-0.05, 0) is 99.1 Å². The Labute approximate surface area is 325 Å². The highest BCUT2D eigenvalue weighted by molar-refractivity contribution is 6.22. The molecule has 262 valence electrons. The maximum absolute atomic E-state index is 2.45. The molecule has 0 fully saturated rings. The summed E-state index contributed by atoms with van der Waals surface area (Å²) < 4.78 is 4.89. The first kappa shape index (κ1) is 32.0. The molecule has 0 aliphatic heterocycles. The summed E-state index contributed by atoms with van der Waals surface area (Å²) in [6.07, 6.45) is 0. The Balaban J connectivity index is 1.20. The molecule has 2 heterocycles. The Morgan fingerprint density at radius 2 is 0.625 bits per heavy atom. The zero-order chi connectivity index (χ0) is 37.0. The Morgan fingerprint density at radius 1 is 0.232 bits per heavy atom. The van der Waals surface area contributed by atoms with Crippen LogP contribution in [-0.2, 0) is 0 Å². The molecule has 56 heavy (non-hydrogen) atoms. The number of benzene rings is 9. The lowest BCUT2D eigenvalue weighted by atomic mass is 9.94. The molecular weight excluding hydrogens is 677 g/mol. The van der Waals surface area contributed by atoms with Crippen LogP contribution < -0.4 is 0 Å². The van der Waals surface area contributed by atoms with E-state index in [4.69, 9.17) is 0 Å². The van der Waals surface area contributed by atoms with E-state index >= 15 is 0 Å². The van der Waals surface area contributed by atoms with Gasteiger partial charge in [-0.3, -0.25) is 0 Å². The number of nitrogens with zero attached hydrogens (tertiary/aromatic N) is 2. The molecule has 0 unspecified atom stereocenters. The summed E-state index contributed by atoms with van der Waals surface area (Å²) >= 11 is 0. The molecule has 9 aromatic carbocycles. The van der Waals surface area contributed by atoms with Crippen molar-refractivity contribution >= 4 is 43.6 Å². The molecule has 2 heteroatoms. The Bertz CT molecular complexity index is 3220. The van der Waals surface area contributed by atoms with Gasteiger partial charge >= 0.3 is 0 Å². The number of hydrogen-bond donors (Lipinski definition) is 0. The van der Waals surface area contributed by atoms with Crippen LogP contribution >= 0.6 is 0 Å². The van der Waals surface area contributed by atoms with Gasteiger partial charge in [-0.2, -0.15) is 0 Å². The summed E-state index contributed by atoms with van der Waals surface area (Å²) in [5.41, 5.74) is 16.7. The Kier molecular flexibility index (Phi) is 7.53. The molecule has 0 amide bonds. The van der Waals surface area contributed by atoms with Crippen LogP contribution in [0.25, 0.3) is 99.5 Å². The minimum Gasteiger partial charge on any atom is -0.309 e. The third-order valence-electron chi connectivity index (χ3n) is 11.3. The number of hydrogen-bond acceptors (Lipinski definition) is 0. The van der Waals surface area contributed by atoms with E-state index in [0.717, 1.165) is 11.4 Å². The molecule has 0 bridgehead atoms. The minimum atomic E-state index is 1.14. The van der Waals surface area contributed by atoms with Crippen molar-refractivity contribution in [1.29, 1.82) is 0 Å². The smallest absolute Gasteiger partial charge is 0.0547 e. The van der Waals surface area contributed by atoms with Crippen LogP contribution in [0, 0.1) is 0 Å². The quantitative estimate of drug-likeness (QED) is 0.162.